The van der Waals surface area contributed by atoms with E-state index in [4.69, 9.17) is 39.8 Å². The van der Waals surface area contributed by atoms with Gasteiger partial charge in [0.1, 0.15) is 0 Å². The molecular formula is C32H27Cl3F3N5O3. The lowest BCUT2D eigenvalue weighted by Crippen LogP contribution is -2.46. The van der Waals surface area contributed by atoms with E-state index in [1.54, 1.807) is 42.2 Å². The molecule has 0 spiro atoms. The maximum Gasteiger partial charge on any atom is 0.416 e. The Morgan fingerprint density at radius 1 is 0.957 bits per heavy atom. The van der Waals surface area contributed by atoms with Crippen molar-refractivity contribution in [2.24, 2.45) is 0 Å². The normalized spacial score (nSPS) is 15.2. The van der Waals surface area contributed by atoms with E-state index in [0.717, 1.165) is 12.1 Å². The fourth-order valence-electron chi connectivity index (χ4n) is 5.29. The summed E-state index contributed by atoms with van der Waals surface area (Å²) in [6, 6.07) is 12.8. The number of hydrogen-bond acceptors (Lipinski definition) is 5. The van der Waals surface area contributed by atoms with Crippen molar-refractivity contribution in [3.05, 3.63) is 120 Å². The Hall–Kier alpha value is -4.06. The number of halogens is 6. The van der Waals surface area contributed by atoms with Gasteiger partial charge in [0.15, 0.2) is 0 Å². The largest absolute Gasteiger partial charge is 0.416 e. The predicted octanol–water partition coefficient (Wildman–Crippen LogP) is 7.33. The van der Waals surface area contributed by atoms with Crippen molar-refractivity contribution in [2.75, 3.05) is 12.4 Å². The van der Waals surface area contributed by atoms with Crippen molar-refractivity contribution in [1.82, 2.24) is 19.8 Å². The number of nitrogens with zero attached hydrogens (tertiary/aromatic N) is 3. The van der Waals surface area contributed by atoms with Crippen LogP contribution in [0.25, 0.3) is 5.69 Å². The first kappa shape index (κ1) is 33.3. The molecule has 1 aromatic heterocycles. The number of hydrogen-bond donors (Lipinski definition) is 2. The van der Waals surface area contributed by atoms with Crippen molar-refractivity contribution in [3.63, 3.8) is 0 Å². The van der Waals surface area contributed by atoms with Crippen molar-refractivity contribution in [2.45, 2.75) is 45.1 Å². The molecule has 2 amide bonds. The van der Waals surface area contributed by atoms with Crippen molar-refractivity contribution < 1.29 is 22.8 Å². The molecule has 0 saturated heterocycles. The van der Waals surface area contributed by atoms with Crippen molar-refractivity contribution >= 4 is 52.6 Å². The standard InChI is InChI=1S/C32H27Cl3F3N5O3/c1-16-12-23-27(15-42(16)29(45)19-6-11-24(33)26(35)13-19)41-31(40-17(2)22-10-7-20(14-25(22)34)32(36,37)38)43(30(23)46)21-8-4-18(5-9-21)28(44)39-3/h4-11,13-14,16-17H,12,15H2,1-3H3,(H,39,44)(H,40,41)/t16-,17-/m1/s1. The van der Waals surface area contributed by atoms with Crippen LogP contribution in [0.2, 0.25) is 15.1 Å². The van der Waals surface area contributed by atoms with Crippen LogP contribution in [0, 0.1) is 0 Å². The maximum absolute atomic E-state index is 14.1. The number of nitrogens with one attached hydrogen (secondary N) is 2. The molecule has 240 valence electrons. The van der Waals surface area contributed by atoms with Gasteiger partial charge in [-0.05, 0) is 80.4 Å². The van der Waals surface area contributed by atoms with Gasteiger partial charge in [0.25, 0.3) is 17.4 Å². The molecule has 0 unspecified atom stereocenters. The highest BCUT2D eigenvalue weighted by Gasteiger charge is 2.33. The van der Waals surface area contributed by atoms with Gasteiger partial charge in [0.05, 0.1) is 39.6 Å². The minimum absolute atomic E-state index is 0.00532. The van der Waals surface area contributed by atoms with Gasteiger partial charge in [-0.25, -0.2) is 9.55 Å². The van der Waals surface area contributed by atoms with Crippen molar-refractivity contribution in [1.29, 1.82) is 0 Å². The van der Waals surface area contributed by atoms with Gasteiger partial charge < -0.3 is 15.5 Å². The molecule has 8 nitrogen and oxygen atoms in total. The summed E-state index contributed by atoms with van der Waals surface area (Å²) in [4.78, 5) is 46.2. The number of benzene rings is 3. The third-order valence-corrected chi connectivity index (χ3v) is 8.86. The van der Waals surface area contributed by atoms with Gasteiger partial charge in [-0.3, -0.25) is 14.4 Å². The van der Waals surface area contributed by atoms with E-state index in [9.17, 15) is 27.6 Å². The van der Waals surface area contributed by atoms with Crippen LogP contribution in [0.15, 0.2) is 65.5 Å². The Kier molecular flexibility index (Phi) is 9.40. The minimum atomic E-state index is -4.57. The first-order chi connectivity index (χ1) is 21.7. The number of anilines is 1. The molecule has 14 heteroatoms. The lowest BCUT2D eigenvalue weighted by Gasteiger charge is -2.35. The molecule has 46 heavy (non-hydrogen) atoms. The molecule has 0 saturated carbocycles. The molecule has 2 atom stereocenters. The van der Waals surface area contributed by atoms with Gasteiger partial charge in [-0.15, -0.1) is 0 Å². The average Bonchev–Trinajstić information content (AvgIpc) is 3.01. The molecule has 0 bridgehead atoms. The minimum Gasteiger partial charge on any atom is -0.355 e. The van der Waals surface area contributed by atoms with E-state index < -0.39 is 23.3 Å². The summed E-state index contributed by atoms with van der Waals surface area (Å²) in [5.41, 5.74) is 0.868. The molecule has 0 radical (unpaired) electrons. The van der Waals surface area contributed by atoms with E-state index in [-0.39, 0.29) is 46.8 Å². The third-order valence-electron chi connectivity index (χ3n) is 7.80. The van der Waals surface area contributed by atoms with E-state index in [2.05, 4.69) is 10.6 Å². The van der Waals surface area contributed by atoms with Gasteiger partial charge in [-0.1, -0.05) is 40.9 Å². The smallest absolute Gasteiger partial charge is 0.355 e. The second kappa shape index (κ2) is 13.0. The molecule has 0 fully saturated rings. The monoisotopic (exact) mass is 691 g/mol. The van der Waals surface area contributed by atoms with Crippen LogP contribution in [0.3, 0.4) is 0 Å². The van der Waals surface area contributed by atoms with Crippen LogP contribution in [0.1, 0.15) is 63.0 Å². The summed E-state index contributed by atoms with van der Waals surface area (Å²) in [5.74, 6) is -0.574. The summed E-state index contributed by atoms with van der Waals surface area (Å²) < 4.78 is 41.1. The number of alkyl halides is 3. The van der Waals surface area contributed by atoms with Gasteiger partial charge in [0.2, 0.25) is 5.95 Å². The topological polar surface area (TPSA) is 96.3 Å². The quantitative estimate of drug-likeness (QED) is 0.221. The van der Waals surface area contributed by atoms with Gasteiger partial charge in [0, 0.05) is 34.8 Å². The lowest BCUT2D eigenvalue weighted by atomic mass is 9.98. The van der Waals surface area contributed by atoms with Crippen molar-refractivity contribution in [3.8, 4) is 5.69 Å². The Morgan fingerprint density at radius 2 is 1.63 bits per heavy atom. The van der Waals surface area contributed by atoms with E-state index >= 15 is 0 Å². The second-order valence-electron chi connectivity index (χ2n) is 10.8. The highest BCUT2D eigenvalue weighted by molar-refractivity contribution is 6.42. The summed E-state index contributed by atoms with van der Waals surface area (Å²) in [5, 5.41) is 6.09. The summed E-state index contributed by atoms with van der Waals surface area (Å²) in [6.07, 6.45) is -4.37. The summed E-state index contributed by atoms with van der Waals surface area (Å²) in [7, 11) is 1.50. The lowest BCUT2D eigenvalue weighted by molar-refractivity contribution is -0.137. The first-order valence-electron chi connectivity index (χ1n) is 14.1. The molecule has 3 aromatic carbocycles. The highest BCUT2D eigenvalue weighted by atomic mass is 35.5. The Balaban J connectivity index is 1.58. The van der Waals surface area contributed by atoms with Crippen LogP contribution in [-0.2, 0) is 19.1 Å². The second-order valence-corrected chi connectivity index (χ2v) is 12.1. The van der Waals surface area contributed by atoms with Crippen LogP contribution < -0.4 is 16.2 Å². The zero-order chi connectivity index (χ0) is 33.5. The fraction of sp³-hybridized carbons (Fsp3) is 0.250. The zero-order valence-electron chi connectivity index (χ0n) is 24.7. The molecule has 1 aliphatic rings. The van der Waals surface area contributed by atoms with E-state index in [1.165, 1.54) is 29.8 Å². The average molecular weight is 693 g/mol. The Labute approximate surface area is 277 Å². The van der Waals surface area contributed by atoms with E-state index in [0.29, 0.717) is 38.7 Å². The molecular weight excluding hydrogens is 666 g/mol. The predicted molar refractivity (Wildman–Crippen MR) is 171 cm³/mol. The first-order valence-corrected chi connectivity index (χ1v) is 15.2. The molecule has 0 aliphatic carbocycles. The van der Waals surface area contributed by atoms with E-state index in [1.807, 2.05) is 6.92 Å². The third kappa shape index (κ3) is 6.58. The number of fused-ring (bicyclic) bond motifs is 1. The molecule has 1 aliphatic heterocycles. The van der Waals surface area contributed by atoms with Crippen LogP contribution >= 0.6 is 34.8 Å². The number of carbonyl (C=O) groups is 2. The molecule has 4 aromatic rings. The van der Waals surface area contributed by atoms with Gasteiger partial charge in [-0.2, -0.15) is 13.2 Å². The van der Waals surface area contributed by atoms with Gasteiger partial charge >= 0.3 is 6.18 Å². The maximum atomic E-state index is 14.1. The van der Waals surface area contributed by atoms with Crippen LogP contribution in [0.5, 0.6) is 0 Å². The molecule has 5 rings (SSSR count). The van der Waals surface area contributed by atoms with Crippen LogP contribution in [-0.4, -0.2) is 39.4 Å². The zero-order valence-corrected chi connectivity index (χ0v) is 26.9. The summed E-state index contributed by atoms with van der Waals surface area (Å²) in [6.45, 7) is 3.49. The van der Waals surface area contributed by atoms with Crippen LogP contribution in [0.4, 0.5) is 19.1 Å². The highest BCUT2D eigenvalue weighted by Crippen LogP contribution is 2.35. The fourth-order valence-corrected chi connectivity index (χ4v) is 5.94. The SMILES string of the molecule is CNC(=O)c1ccc(-n2c(N[C@H](C)c3ccc(C(F)(F)F)cc3Cl)nc3c(c2=O)C[C@@H](C)N(C(=O)c2ccc(Cl)c(Cl)c2)C3)cc1. The summed E-state index contributed by atoms with van der Waals surface area (Å²) >= 11 is 18.5. The number of carbonyl (C=O) groups excluding carboxylic acids is 2. The number of rotatable bonds is 6. The Morgan fingerprint density at radius 3 is 2.24 bits per heavy atom. The Bertz CT molecular complexity index is 1900. The molecule has 2 N–H and O–H groups in total. The number of aromatic nitrogens is 2. The number of amides is 2. The molecule has 2 heterocycles.